The van der Waals surface area contributed by atoms with Crippen molar-refractivity contribution in [2.45, 2.75) is 19.9 Å². The molecule has 0 amide bonds. The number of rotatable bonds is 3. The van der Waals surface area contributed by atoms with Crippen LogP contribution in [0.5, 0.6) is 0 Å². The molecule has 0 saturated heterocycles. The molecule has 2 rings (SSSR count). The molecule has 0 aliphatic carbocycles. The molecule has 1 unspecified atom stereocenters. The van der Waals surface area contributed by atoms with Gasteiger partial charge in [0.2, 0.25) is 0 Å². The van der Waals surface area contributed by atoms with Gasteiger partial charge in [-0.05, 0) is 60.4 Å². The molecular weight excluding hydrogens is 307 g/mol. The Labute approximate surface area is 120 Å². The van der Waals surface area contributed by atoms with Crippen LogP contribution in [0.3, 0.4) is 0 Å². The first-order valence-electron chi connectivity index (χ1n) is 6.00. The van der Waals surface area contributed by atoms with E-state index in [1.165, 1.54) is 12.1 Å². The van der Waals surface area contributed by atoms with Crippen LogP contribution in [-0.4, -0.2) is 0 Å². The van der Waals surface area contributed by atoms with E-state index >= 15 is 0 Å². The average molecular weight is 323 g/mol. The summed E-state index contributed by atoms with van der Waals surface area (Å²) in [5.74, 6) is 5.41. The number of benzene rings is 2. The first kappa shape index (κ1) is 14.2. The lowest BCUT2D eigenvalue weighted by molar-refractivity contribution is 0.602. The summed E-state index contributed by atoms with van der Waals surface area (Å²) in [4.78, 5) is 0. The Balaban J connectivity index is 2.49. The molecule has 100 valence electrons. The molecular formula is C15H16BrFN2. The normalized spacial score (nSPS) is 12.5. The molecule has 0 aliphatic rings. The highest BCUT2D eigenvalue weighted by Gasteiger charge is 2.15. The van der Waals surface area contributed by atoms with Gasteiger partial charge in [-0.25, -0.2) is 9.82 Å². The monoisotopic (exact) mass is 322 g/mol. The minimum atomic E-state index is -0.245. The first-order chi connectivity index (χ1) is 9.01. The van der Waals surface area contributed by atoms with Gasteiger partial charge in [0.25, 0.3) is 0 Å². The lowest BCUT2D eigenvalue weighted by atomic mass is 9.94. The van der Waals surface area contributed by atoms with Crippen LogP contribution in [-0.2, 0) is 0 Å². The van der Waals surface area contributed by atoms with Crippen LogP contribution in [0.15, 0.2) is 40.9 Å². The molecule has 0 saturated carbocycles. The highest BCUT2D eigenvalue weighted by atomic mass is 79.9. The average Bonchev–Trinajstić information content (AvgIpc) is 2.31. The van der Waals surface area contributed by atoms with Crippen LogP contribution >= 0.6 is 15.9 Å². The van der Waals surface area contributed by atoms with Crippen LogP contribution in [0.1, 0.15) is 28.3 Å². The third kappa shape index (κ3) is 3.21. The maximum atomic E-state index is 13.5. The highest BCUT2D eigenvalue weighted by Crippen LogP contribution is 2.27. The zero-order valence-corrected chi connectivity index (χ0v) is 12.5. The summed E-state index contributed by atoms with van der Waals surface area (Å²) in [5, 5.41) is 0. The van der Waals surface area contributed by atoms with Gasteiger partial charge in [0, 0.05) is 4.47 Å². The summed E-state index contributed by atoms with van der Waals surface area (Å²) >= 11 is 3.44. The highest BCUT2D eigenvalue weighted by molar-refractivity contribution is 9.10. The Kier molecular flexibility index (Phi) is 4.34. The largest absolute Gasteiger partial charge is 0.271 e. The standard InChI is InChI=1S/C15H16BrFN2/c1-9-5-11(8-13(17)6-9)15(19-18)14-4-3-12(16)7-10(14)2/h3-8,15,19H,18H2,1-2H3. The van der Waals surface area contributed by atoms with Crippen molar-refractivity contribution in [3.63, 3.8) is 0 Å². The van der Waals surface area contributed by atoms with Gasteiger partial charge in [-0.2, -0.15) is 0 Å². The molecule has 19 heavy (non-hydrogen) atoms. The van der Waals surface area contributed by atoms with Gasteiger partial charge < -0.3 is 0 Å². The number of hydrogen-bond acceptors (Lipinski definition) is 2. The van der Waals surface area contributed by atoms with E-state index in [0.717, 1.165) is 26.7 Å². The van der Waals surface area contributed by atoms with Crippen LogP contribution in [0.25, 0.3) is 0 Å². The van der Waals surface area contributed by atoms with E-state index in [4.69, 9.17) is 5.84 Å². The SMILES string of the molecule is Cc1cc(F)cc(C(NN)c2ccc(Br)cc2C)c1. The fourth-order valence-electron chi connectivity index (χ4n) is 2.26. The molecule has 0 aromatic heterocycles. The van der Waals surface area contributed by atoms with Gasteiger partial charge in [-0.3, -0.25) is 5.84 Å². The minimum absolute atomic E-state index is 0.220. The Morgan fingerprint density at radius 1 is 1.16 bits per heavy atom. The molecule has 0 spiro atoms. The van der Waals surface area contributed by atoms with E-state index in [0.29, 0.717) is 0 Å². The van der Waals surface area contributed by atoms with E-state index in [9.17, 15) is 4.39 Å². The van der Waals surface area contributed by atoms with Crippen molar-refractivity contribution >= 4 is 15.9 Å². The van der Waals surface area contributed by atoms with Gasteiger partial charge >= 0.3 is 0 Å². The van der Waals surface area contributed by atoms with Gasteiger partial charge in [-0.1, -0.05) is 28.1 Å². The van der Waals surface area contributed by atoms with Crippen LogP contribution in [0.4, 0.5) is 4.39 Å². The summed E-state index contributed by atoms with van der Waals surface area (Å²) in [5.41, 5.74) is 6.61. The number of hydrazine groups is 1. The van der Waals surface area contributed by atoms with Crippen molar-refractivity contribution < 1.29 is 4.39 Å². The molecule has 0 radical (unpaired) electrons. The second kappa shape index (κ2) is 5.82. The van der Waals surface area contributed by atoms with Crippen molar-refractivity contribution in [3.05, 3.63) is 68.9 Å². The molecule has 0 fully saturated rings. The van der Waals surface area contributed by atoms with E-state index < -0.39 is 0 Å². The fraction of sp³-hybridized carbons (Fsp3) is 0.200. The first-order valence-corrected chi connectivity index (χ1v) is 6.80. The summed E-state index contributed by atoms with van der Waals surface area (Å²) in [7, 11) is 0. The van der Waals surface area contributed by atoms with E-state index in [1.54, 1.807) is 0 Å². The van der Waals surface area contributed by atoms with Crippen LogP contribution < -0.4 is 11.3 Å². The molecule has 2 nitrogen and oxygen atoms in total. The fourth-order valence-corrected chi connectivity index (χ4v) is 2.74. The predicted octanol–water partition coefficient (Wildman–Crippen LogP) is 3.76. The Morgan fingerprint density at radius 2 is 1.89 bits per heavy atom. The summed E-state index contributed by atoms with van der Waals surface area (Å²) in [6.45, 7) is 3.88. The molecule has 3 N–H and O–H groups in total. The van der Waals surface area contributed by atoms with Crippen molar-refractivity contribution in [3.8, 4) is 0 Å². The molecule has 0 bridgehead atoms. The zero-order valence-electron chi connectivity index (χ0n) is 10.9. The Morgan fingerprint density at radius 3 is 2.47 bits per heavy atom. The zero-order chi connectivity index (χ0) is 14.0. The van der Waals surface area contributed by atoms with E-state index in [-0.39, 0.29) is 11.9 Å². The summed E-state index contributed by atoms with van der Waals surface area (Å²) < 4.78 is 14.5. The predicted molar refractivity (Wildman–Crippen MR) is 79.2 cm³/mol. The van der Waals surface area contributed by atoms with Crippen molar-refractivity contribution in [2.75, 3.05) is 0 Å². The summed E-state index contributed by atoms with van der Waals surface area (Å²) in [6, 6.07) is 10.7. The van der Waals surface area contributed by atoms with Gasteiger partial charge in [0.1, 0.15) is 5.82 Å². The maximum absolute atomic E-state index is 13.5. The maximum Gasteiger partial charge on any atom is 0.123 e. The Bertz CT molecular complexity index is 578. The van der Waals surface area contributed by atoms with Crippen molar-refractivity contribution in [1.82, 2.24) is 5.43 Å². The molecule has 1 atom stereocenters. The Hall–Kier alpha value is -1.23. The van der Waals surface area contributed by atoms with Gasteiger partial charge in [0.15, 0.2) is 0 Å². The van der Waals surface area contributed by atoms with Crippen LogP contribution in [0.2, 0.25) is 0 Å². The van der Waals surface area contributed by atoms with E-state index in [1.807, 2.05) is 38.1 Å². The number of aryl methyl sites for hydroxylation is 2. The lowest BCUT2D eigenvalue weighted by Gasteiger charge is -2.20. The number of nitrogens with two attached hydrogens (primary N) is 1. The minimum Gasteiger partial charge on any atom is -0.271 e. The second-order valence-electron chi connectivity index (χ2n) is 4.66. The van der Waals surface area contributed by atoms with Gasteiger partial charge in [-0.15, -0.1) is 0 Å². The third-order valence-electron chi connectivity index (χ3n) is 3.11. The number of hydrogen-bond donors (Lipinski definition) is 2. The smallest absolute Gasteiger partial charge is 0.123 e. The number of halogens is 2. The van der Waals surface area contributed by atoms with Gasteiger partial charge in [0.05, 0.1) is 6.04 Å². The van der Waals surface area contributed by atoms with Crippen molar-refractivity contribution in [2.24, 2.45) is 5.84 Å². The van der Waals surface area contributed by atoms with E-state index in [2.05, 4.69) is 21.4 Å². The quantitative estimate of drug-likeness (QED) is 0.667. The molecule has 2 aromatic rings. The molecule has 0 aliphatic heterocycles. The molecule has 2 aromatic carbocycles. The lowest BCUT2D eigenvalue weighted by Crippen LogP contribution is -2.29. The summed E-state index contributed by atoms with van der Waals surface area (Å²) in [6.07, 6.45) is 0. The topological polar surface area (TPSA) is 38.0 Å². The number of nitrogens with one attached hydrogen (secondary N) is 1. The van der Waals surface area contributed by atoms with Crippen LogP contribution in [0, 0.1) is 19.7 Å². The molecule has 0 heterocycles. The van der Waals surface area contributed by atoms with Crippen molar-refractivity contribution in [1.29, 1.82) is 0 Å². The molecule has 4 heteroatoms. The second-order valence-corrected chi connectivity index (χ2v) is 5.58. The third-order valence-corrected chi connectivity index (χ3v) is 3.60.